The van der Waals surface area contributed by atoms with Crippen molar-refractivity contribution >= 4 is 0 Å². The molecule has 0 aromatic heterocycles. The van der Waals surface area contributed by atoms with Gasteiger partial charge >= 0.3 is 0 Å². The van der Waals surface area contributed by atoms with Gasteiger partial charge in [0.25, 0.3) is 0 Å². The van der Waals surface area contributed by atoms with Crippen molar-refractivity contribution in [1.82, 2.24) is 0 Å². The van der Waals surface area contributed by atoms with Crippen molar-refractivity contribution in [3.8, 4) is 11.1 Å². The van der Waals surface area contributed by atoms with E-state index in [9.17, 15) is 0 Å². The number of benzene rings is 2. The lowest BCUT2D eigenvalue weighted by atomic mass is 9.96. The Hall–Kier alpha value is -1.60. The zero-order chi connectivity index (χ0) is 14.0. The van der Waals surface area contributed by atoms with E-state index in [0.29, 0.717) is 0 Å². The highest BCUT2D eigenvalue weighted by molar-refractivity contribution is 5.67. The summed E-state index contributed by atoms with van der Waals surface area (Å²) in [5, 5.41) is 0. The molecule has 0 aliphatic heterocycles. The summed E-state index contributed by atoms with van der Waals surface area (Å²) in [5.74, 6) is 0. The van der Waals surface area contributed by atoms with Crippen LogP contribution >= 0.6 is 0 Å². The number of rotatable bonds is 8. The first-order valence-electron chi connectivity index (χ1n) is 8.05. The van der Waals surface area contributed by atoms with Gasteiger partial charge in [-0.05, 0) is 29.5 Å². The third-order valence-corrected chi connectivity index (χ3v) is 3.90. The van der Waals surface area contributed by atoms with Crippen LogP contribution in [0.25, 0.3) is 11.1 Å². The Morgan fingerprint density at radius 1 is 0.667 bits per heavy atom. The van der Waals surface area contributed by atoms with E-state index in [1.165, 1.54) is 61.6 Å². The Kier molecular flexibility index (Phi) is 8.45. The number of unbranched alkanes of at least 4 members (excludes halogenated alkanes) is 5. The quantitative estimate of drug-likeness (QED) is 0.579. The van der Waals surface area contributed by atoms with Gasteiger partial charge in [-0.25, -0.2) is 0 Å². The molecule has 0 amide bonds. The molecule has 0 atom stereocenters. The Balaban J connectivity index is 0.00000220. The van der Waals surface area contributed by atoms with E-state index in [0.717, 1.165) is 0 Å². The van der Waals surface area contributed by atoms with Crippen LogP contribution in [0.5, 0.6) is 0 Å². The maximum absolute atomic E-state index is 2.29. The van der Waals surface area contributed by atoms with Crippen molar-refractivity contribution in [1.29, 1.82) is 0 Å². The minimum absolute atomic E-state index is 0. The molecule has 2 aromatic rings. The molecule has 2 aromatic carbocycles. The summed E-state index contributed by atoms with van der Waals surface area (Å²) < 4.78 is 0. The van der Waals surface area contributed by atoms with Crippen LogP contribution < -0.4 is 0 Å². The third-order valence-electron chi connectivity index (χ3n) is 3.90. The van der Waals surface area contributed by atoms with Crippen molar-refractivity contribution < 1.29 is 5.48 Å². The highest BCUT2D eigenvalue weighted by Gasteiger charge is 2.03. The predicted octanol–water partition coefficient (Wildman–Crippen LogP) is 5.43. The molecule has 0 radical (unpaired) electrons. The van der Waals surface area contributed by atoms with Crippen LogP contribution in [-0.4, -0.2) is 5.48 Å². The number of hydrogen-bond acceptors (Lipinski definition) is 0. The molecule has 2 rings (SSSR count). The van der Waals surface area contributed by atoms with Crippen LogP contribution in [0.4, 0.5) is 0 Å². The molecule has 0 saturated carbocycles. The average Bonchev–Trinajstić information content (AvgIpc) is 2.52. The number of aryl methyl sites for hydroxylation is 1. The maximum Gasteiger partial charge on any atom is -0.0152 e. The van der Waals surface area contributed by atoms with Gasteiger partial charge in [-0.15, -0.1) is 0 Å². The molecular formula is C20H28O. The molecule has 0 spiro atoms. The molecule has 0 bridgehead atoms. The standard InChI is InChI=1S/C20H26.H2O/c1-2-3-4-5-6-8-13-19-16-11-12-17-20(19)18-14-9-7-10-15-18;/h7,9-12,14-17H,2-6,8,13H2,1H3;1H2. The molecule has 0 heterocycles. The van der Waals surface area contributed by atoms with E-state index >= 15 is 0 Å². The second-order valence-electron chi connectivity index (χ2n) is 5.54. The molecule has 0 fully saturated rings. The highest BCUT2D eigenvalue weighted by Crippen LogP contribution is 2.24. The average molecular weight is 284 g/mol. The van der Waals surface area contributed by atoms with Crippen LogP contribution in [0.3, 0.4) is 0 Å². The summed E-state index contributed by atoms with van der Waals surface area (Å²) in [6.07, 6.45) is 9.39. The van der Waals surface area contributed by atoms with Gasteiger partial charge in [0.05, 0.1) is 0 Å². The summed E-state index contributed by atoms with van der Waals surface area (Å²) in [4.78, 5) is 0. The van der Waals surface area contributed by atoms with Gasteiger partial charge in [0.1, 0.15) is 0 Å². The lowest BCUT2D eigenvalue weighted by Crippen LogP contribution is -1.90. The minimum Gasteiger partial charge on any atom is -0.412 e. The zero-order valence-corrected chi connectivity index (χ0v) is 13.1. The van der Waals surface area contributed by atoms with E-state index in [-0.39, 0.29) is 5.48 Å². The van der Waals surface area contributed by atoms with Crippen LogP contribution in [0.2, 0.25) is 0 Å². The maximum atomic E-state index is 2.29. The monoisotopic (exact) mass is 284 g/mol. The summed E-state index contributed by atoms with van der Waals surface area (Å²) >= 11 is 0. The molecule has 1 nitrogen and oxygen atoms in total. The third kappa shape index (κ3) is 5.73. The van der Waals surface area contributed by atoms with Crippen molar-refractivity contribution in [2.45, 2.75) is 51.9 Å². The summed E-state index contributed by atoms with van der Waals surface area (Å²) in [7, 11) is 0. The van der Waals surface area contributed by atoms with E-state index in [1.807, 2.05) is 0 Å². The van der Waals surface area contributed by atoms with Gasteiger partial charge in [-0.2, -0.15) is 0 Å². The zero-order valence-electron chi connectivity index (χ0n) is 13.1. The summed E-state index contributed by atoms with van der Waals surface area (Å²) in [5.41, 5.74) is 4.24. The second kappa shape index (κ2) is 10.2. The predicted molar refractivity (Wildman–Crippen MR) is 92.6 cm³/mol. The Morgan fingerprint density at radius 3 is 2.05 bits per heavy atom. The fraction of sp³-hybridized carbons (Fsp3) is 0.400. The van der Waals surface area contributed by atoms with Crippen molar-refractivity contribution in [2.75, 3.05) is 0 Å². The van der Waals surface area contributed by atoms with E-state index in [4.69, 9.17) is 0 Å². The first kappa shape index (κ1) is 17.5. The molecule has 0 unspecified atom stereocenters. The van der Waals surface area contributed by atoms with Gasteiger partial charge in [0.15, 0.2) is 0 Å². The van der Waals surface area contributed by atoms with Gasteiger partial charge < -0.3 is 5.48 Å². The molecular weight excluding hydrogens is 256 g/mol. The Bertz CT molecular complexity index is 490. The molecule has 0 aliphatic rings. The largest absolute Gasteiger partial charge is 0.412 e. The van der Waals surface area contributed by atoms with Gasteiger partial charge in [-0.1, -0.05) is 93.6 Å². The summed E-state index contributed by atoms with van der Waals surface area (Å²) in [6, 6.07) is 19.6. The van der Waals surface area contributed by atoms with Crippen molar-refractivity contribution in [2.24, 2.45) is 0 Å². The van der Waals surface area contributed by atoms with Crippen LogP contribution in [0.15, 0.2) is 54.6 Å². The van der Waals surface area contributed by atoms with Crippen LogP contribution in [-0.2, 0) is 6.42 Å². The van der Waals surface area contributed by atoms with Crippen molar-refractivity contribution in [3.05, 3.63) is 60.2 Å². The molecule has 0 aliphatic carbocycles. The van der Waals surface area contributed by atoms with Crippen molar-refractivity contribution in [3.63, 3.8) is 0 Å². The van der Waals surface area contributed by atoms with Gasteiger partial charge in [0.2, 0.25) is 0 Å². The topological polar surface area (TPSA) is 31.5 Å². The first-order chi connectivity index (χ1) is 9.92. The molecule has 0 saturated heterocycles. The molecule has 21 heavy (non-hydrogen) atoms. The van der Waals surface area contributed by atoms with Gasteiger partial charge in [0, 0.05) is 0 Å². The normalized spacial score (nSPS) is 10.1. The van der Waals surface area contributed by atoms with Crippen LogP contribution in [0, 0.1) is 0 Å². The summed E-state index contributed by atoms with van der Waals surface area (Å²) in [6.45, 7) is 2.27. The lowest BCUT2D eigenvalue weighted by Gasteiger charge is -2.09. The molecule has 2 N–H and O–H groups in total. The molecule has 114 valence electrons. The molecule has 1 heteroatoms. The first-order valence-corrected chi connectivity index (χ1v) is 8.05. The van der Waals surface area contributed by atoms with Gasteiger partial charge in [-0.3, -0.25) is 0 Å². The smallest absolute Gasteiger partial charge is 0.0152 e. The second-order valence-corrected chi connectivity index (χ2v) is 5.54. The highest BCUT2D eigenvalue weighted by atomic mass is 16.0. The lowest BCUT2D eigenvalue weighted by molar-refractivity contribution is 0.608. The number of hydrogen-bond donors (Lipinski definition) is 0. The fourth-order valence-corrected chi connectivity index (χ4v) is 2.73. The fourth-order valence-electron chi connectivity index (χ4n) is 2.73. The van der Waals surface area contributed by atoms with E-state index in [2.05, 4.69) is 61.5 Å². The van der Waals surface area contributed by atoms with E-state index in [1.54, 1.807) is 0 Å². The Morgan fingerprint density at radius 2 is 1.29 bits per heavy atom. The van der Waals surface area contributed by atoms with Crippen LogP contribution in [0.1, 0.15) is 51.0 Å². The minimum atomic E-state index is 0. The SMILES string of the molecule is CCCCCCCCc1ccccc1-c1ccccc1.O. The Labute approximate surface area is 129 Å². The van der Waals surface area contributed by atoms with E-state index < -0.39 is 0 Å².